The molecule has 16 heavy (non-hydrogen) atoms. The predicted molar refractivity (Wildman–Crippen MR) is 66.2 cm³/mol. The van der Waals surface area contributed by atoms with Crippen molar-refractivity contribution in [2.75, 3.05) is 13.2 Å². The summed E-state index contributed by atoms with van der Waals surface area (Å²) in [7, 11) is 0. The van der Waals surface area contributed by atoms with Crippen LogP contribution in [0, 0.1) is 5.92 Å². The van der Waals surface area contributed by atoms with Gasteiger partial charge in [-0.3, -0.25) is 4.79 Å². The molecule has 4 nitrogen and oxygen atoms in total. The second-order valence-electron chi connectivity index (χ2n) is 4.67. The summed E-state index contributed by atoms with van der Waals surface area (Å²) >= 11 is 0. The normalized spacial score (nSPS) is 14.9. The lowest BCUT2D eigenvalue weighted by atomic mass is 10.1. The number of nitrogens with one attached hydrogen (secondary N) is 2. The predicted octanol–water partition coefficient (Wildman–Crippen LogP) is 0.898. The molecule has 0 radical (unpaired) electrons. The number of hydrogen-bond donors (Lipinski definition) is 3. The van der Waals surface area contributed by atoms with Crippen LogP contribution in [0.4, 0.5) is 0 Å². The van der Waals surface area contributed by atoms with E-state index in [0.29, 0.717) is 5.92 Å². The van der Waals surface area contributed by atoms with Gasteiger partial charge >= 0.3 is 0 Å². The van der Waals surface area contributed by atoms with Crippen molar-refractivity contribution < 1.29 is 9.90 Å². The highest BCUT2D eigenvalue weighted by Gasteiger charge is 2.13. The molecule has 1 amide bonds. The van der Waals surface area contributed by atoms with Gasteiger partial charge in [0.25, 0.3) is 0 Å². The first-order chi connectivity index (χ1) is 7.51. The highest BCUT2D eigenvalue weighted by Crippen LogP contribution is 1.99. The Bertz CT molecular complexity index is 195. The van der Waals surface area contributed by atoms with Crippen LogP contribution in [-0.4, -0.2) is 36.2 Å². The maximum atomic E-state index is 11.5. The second-order valence-corrected chi connectivity index (χ2v) is 4.67. The number of carbonyl (C=O) groups excluding carboxylic acids is 1. The molecular weight excluding hydrogens is 204 g/mol. The van der Waals surface area contributed by atoms with Crippen molar-refractivity contribution in [2.45, 2.75) is 52.6 Å². The molecule has 3 N–H and O–H groups in total. The Kier molecular flexibility index (Phi) is 8.21. The van der Waals surface area contributed by atoms with Crippen molar-refractivity contribution in [3.8, 4) is 0 Å². The van der Waals surface area contributed by atoms with Gasteiger partial charge in [0.05, 0.1) is 13.2 Å². The molecule has 0 aromatic carbocycles. The number of carbonyl (C=O) groups is 1. The summed E-state index contributed by atoms with van der Waals surface area (Å²) in [5, 5.41) is 15.1. The number of hydrogen-bond acceptors (Lipinski definition) is 3. The number of rotatable bonds is 8. The summed E-state index contributed by atoms with van der Waals surface area (Å²) in [5.41, 5.74) is 0. The minimum atomic E-state index is -0.00719. The Labute approximate surface area is 98.8 Å². The van der Waals surface area contributed by atoms with Crippen molar-refractivity contribution in [2.24, 2.45) is 5.92 Å². The van der Waals surface area contributed by atoms with E-state index in [1.807, 2.05) is 20.8 Å². The average molecular weight is 230 g/mol. The molecule has 4 heteroatoms. The van der Waals surface area contributed by atoms with E-state index < -0.39 is 0 Å². The molecule has 0 aliphatic carbocycles. The summed E-state index contributed by atoms with van der Waals surface area (Å²) < 4.78 is 0. The second kappa shape index (κ2) is 8.53. The van der Waals surface area contributed by atoms with Gasteiger partial charge in [-0.25, -0.2) is 0 Å². The number of amides is 1. The Morgan fingerprint density at radius 1 is 1.31 bits per heavy atom. The summed E-state index contributed by atoms with van der Waals surface area (Å²) in [4.78, 5) is 11.5. The highest BCUT2D eigenvalue weighted by atomic mass is 16.3. The van der Waals surface area contributed by atoms with Crippen molar-refractivity contribution in [3.05, 3.63) is 0 Å². The molecule has 0 saturated carbocycles. The van der Waals surface area contributed by atoms with E-state index in [9.17, 15) is 4.79 Å². The fourth-order valence-corrected chi connectivity index (χ4v) is 1.57. The Morgan fingerprint density at radius 3 is 2.38 bits per heavy atom. The van der Waals surface area contributed by atoms with Gasteiger partial charge in [0.15, 0.2) is 0 Å². The van der Waals surface area contributed by atoms with Crippen LogP contribution in [0.25, 0.3) is 0 Å². The highest BCUT2D eigenvalue weighted by molar-refractivity contribution is 5.78. The first-order valence-electron chi connectivity index (χ1n) is 6.14. The van der Waals surface area contributed by atoms with Gasteiger partial charge in [0.1, 0.15) is 0 Å². The minimum absolute atomic E-state index is 0.0000463. The first-order valence-corrected chi connectivity index (χ1v) is 6.14. The molecule has 0 aliphatic rings. The lowest BCUT2D eigenvalue weighted by Gasteiger charge is -2.20. The van der Waals surface area contributed by atoms with Crippen LogP contribution >= 0.6 is 0 Å². The molecule has 0 heterocycles. The van der Waals surface area contributed by atoms with E-state index in [0.717, 1.165) is 12.8 Å². The van der Waals surface area contributed by atoms with Gasteiger partial charge in [-0.05, 0) is 19.3 Å². The smallest absolute Gasteiger partial charge is 0.234 e. The van der Waals surface area contributed by atoms with Crippen LogP contribution in [0.2, 0.25) is 0 Å². The molecule has 1 unspecified atom stereocenters. The lowest BCUT2D eigenvalue weighted by Crippen LogP contribution is -2.45. The fourth-order valence-electron chi connectivity index (χ4n) is 1.57. The largest absolute Gasteiger partial charge is 0.395 e. The van der Waals surface area contributed by atoms with E-state index in [1.165, 1.54) is 0 Å². The Balaban J connectivity index is 3.79. The topological polar surface area (TPSA) is 61.4 Å². The van der Waals surface area contributed by atoms with Gasteiger partial charge in [-0.1, -0.05) is 27.2 Å². The van der Waals surface area contributed by atoms with Crippen LogP contribution < -0.4 is 10.6 Å². The quantitative estimate of drug-likeness (QED) is 0.580. The zero-order valence-electron chi connectivity index (χ0n) is 10.9. The summed E-state index contributed by atoms with van der Waals surface area (Å²) in [6.45, 7) is 8.48. The van der Waals surface area contributed by atoms with Crippen molar-refractivity contribution in [1.82, 2.24) is 10.6 Å². The monoisotopic (exact) mass is 230 g/mol. The van der Waals surface area contributed by atoms with Crippen LogP contribution in [0.3, 0.4) is 0 Å². The molecule has 0 aromatic heterocycles. The Morgan fingerprint density at radius 2 is 1.94 bits per heavy atom. The van der Waals surface area contributed by atoms with Gasteiger partial charge in [-0.2, -0.15) is 0 Å². The van der Waals surface area contributed by atoms with Crippen LogP contribution in [0.1, 0.15) is 40.5 Å². The summed E-state index contributed by atoms with van der Waals surface area (Å²) in [5.74, 6) is 0.325. The van der Waals surface area contributed by atoms with Crippen LogP contribution in [0.5, 0.6) is 0 Å². The van der Waals surface area contributed by atoms with Gasteiger partial charge in [0, 0.05) is 12.1 Å². The number of aliphatic hydroxyl groups is 1. The van der Waals surface area contributed by atoms with Crippen molar-refractivity contribution in [3.63, 3.8) is 0 Å². The molecule has 0 rings (SSSR count). The molecule has 96 valence electrons. The third-order valence-electron chi connectivity index (χ3n) is 2.66. The molecule has 0 saturated heterocycles. The molecule has 0 fully saturated rings. The Hall–Kier alpha value is -0.610. The molecule has 0 aliphatic heterocycles. The first kappa shape index (κ1) is 15.4. The maximum absolute atomic E-state index is 11.5. The fraction of sp³-hybridized carbons (Fsp3) is 0.917. The minimum Gasteiger partial charge on any atom is -0.395 e. The van der Waals surface area contributed by atoms with E-state index in [4.69, 9.17) is 5.11 Å². The van der Waals surface area contributed by atoms with Gasteiger partial charge < -0.3 is 15.7 Å². The summed E-state index contributed by atoms with van der Waals surface area (Å²) in [6, 6.07) is 0.221. The van der Waals surface area contributed by atoms with Gasteiger partial charge in [0.2, 0.25) is 5.91 Å². The molecular formula is C12H26N2O2. The van der Waals surface area contributed by atoms with E-state index in [-0.39, 0.29) is 31.1 Å². The molecule has 0 aromatic rings. The standard InChI is InChI=1S/C12H26N2O2/c1-5-6-10(4)14-12(16)7-13-11(8-15)9(2)3/h9-11,13,15H,5-8H2,1-4H3,(H,14,16)/t10?,11-/m1/s1. The zero-order valence-corrected chi connectivity index (χ0v) is 10.9. The van der Waals surface area contributed by atoms with Crippen molar-refractivity contribution in [1.29, 1.82) is 0 Å². The lowest BCUT2D eigenvalue weighted by molar-refractivity contribution is -0.121. The third kappa shape index (κ3) is 6.80. The van der Waals surface area contributed by atoms with Crippen LogP contribution in [0.15, 0.2) is 0 Å². The number of aliphatic hydroxyl groups excluding tert-OH is 1. The molecule has 0 spiro atoms. The SMILES string of the molecule is CCCC(C)NC(=O)CN[C@H](CO)C(C)C. The van der Waals surface area contributed by atoms with Gasteiger partial charge in [-0.15, -0.1) is 0 Å². The van der Waals surface area contributed by atoms with E-state index >= 15 is 0 Å². The van der Waals surface area contributed by atoms with E-state index in [2.05, 4.69) is 17.6 Å². The summed E-state index contributed by atoms with van der Waals surface area (Å²) in [6.07, 6.45) is 2.07. The zero-order chi connectivity index (χ0) is 12.6. The van der Waals surface area contributed by atoms with Crippen LogP contribution in [-0.2, 0) is 4.79 Å². The van der Waals surface area contributed by atoms with E-state index in [1.54, 1.807) is 0 Å². The average Bonchev–Trinajstić information content (AvgIpc) is 2.18. The molecule has 0 bridgehead atoms. The maximum Gasteiger partial charge on any atom is 0.234 e. The third-order valence-corrected chi connectivity index (χ3v) is 2.66. The molecule has 2 atom stereocenters. The van der Waals surface area contributed by atoms with Crippen molar-refractivity contribution >= 4 is 5.91 Å².